The van der Waals surface area contributed by atoms with Gasteiger partial charge in [-0.3, -0.25) is 0 Å². The molecule has 49 heavy (non-hydrogen) atoms. The Morgan fingerprint density at radius 1 is 0.612 bits per heavy atom. The van der Waals surface area contributed by atoms with Crippen molar-refractivity contribution in [3.8, 4) is 0 Å². The number of allylic oxidation sites excluding steroid dienone is 8. The molecule has 1 atom stereocenters. The van der Waals surface area contributed by atoms with E-state index >= 15 is 0 Å². The van der Waals surface area contributed by atoms with Crippen LogP contribution in [0, 0.1) is 0 Å². The Balaban J connectivity index is 0.0000240. The topological polar surface area (TPSA) is 47.1 Å². The first-order chi connectivity index (χ1) is 24.4. The summed E-state index contributed by atoms with van der Waals surface area (Å²) in [7, 11) is 3.75. The second-order valence-corrected chi connectivity index (χ2v) is 15.9. The van der Waals surface area contributed by atoms with Crippen LogP contribution in [-0.2, 0) is 15.2 Å². The molecule has 6 heteroatoms. The molecule has 0 saturated carbocycles. The van der Waals surface area contributed by atoms with Gasteiger partial charge in [-0.2, -0.15) is 0 Å². The molecule has 0 fully saturated rings. The third kappa shape index (κ3) is 35.0. The summed E-state index contributed by atoms with van der Waals surface area (Å²) in [6.07, 6.45) is 53.2. The standard InChI is InChI=1S/C43H76N2O2S2.H2/c1-3-5-7-9-11-13-15-17-19-21-23-25-27-29-31-33-35-46-38-43(40-49-48-39-42-37-44-41-45-42)47-36-34-32-30-28-26-24-22-20-18-16-14-12-10-8-6-4-2;/h11-14,17-20,37,41,43H,3-10,15-16,21-36,38-40H2,1-2H3,(H,44,45);1H/b13-11-,14-12-,19-17-,20-18-;. The number of nitrogens with zero attached hydrogens (tertiary/aromatic N) is 1. The van der Waals surface area contributed by atoms with Crippen LogP contribution in [0.1, 0.15) is 175 Å². The van der Waals surface area contributed by atoms with E-state index in [1.165, 1.54) is 134 Å². The fourth-order valence-electron chi connectivity index (χ4n) is 5.48. The highest BCUT2D eigenvalue weighted by Gasteiger charge is 2.11. The van der Waals surface area contributed by atoms with E-state index in [0.29, 0.717) is 6.61 Å². The first-order valence-corrected chi connectivity index (χ1v) is 22.9. The van der Waals surface area contributed by atoms with Crippen LogP contribution >= 0.6 is 21.6 Å². The van der Waals surface area contributed by atoms with Gasteiger partial charge in [-0.1, -0.05) is 161 Å². The van der Waals surface area contributed by atoms with Gasteiger partial charge in [0.25, 0.3) is 0 Å². The summed E-state index contributed by atoms with van der Waals surface area (Å²) in [5, 5.41) is 0. The lowest BCUT2D eigenvalue weighted by Crippen LogP contribution is -2.23. The van der Waals surface area contributed by atoms with Crippen LogP contribution in [0.2, 0.25) is 0 Å². The average Bonchev–Trinajstić information content (AvgIpc) is 3.64. The van der Waals surface area contributed by atoms with Crippen molar-refractivity contribution in [1.82, 2.24) is 9.97 Å². The van der Waals surface area contributed by atoms with Gasteiger partial charge >= 0.3 is 0 Å². The predicted molar refractivity (Wildman–Crippen MR) is 224 cm³/mol. The van der Waals surface area contributed by atoms with Gasteiger partial charge in [0.15, 0.2) is 0 Å². The van der Waals surface area contributed by atoms with Crippen LogP contribution in [0.3, 0.4) is 0 Å². The molecule has 0 aromatic carbocycles. The zero-order valence-electron chi connectivity index (χ0n) is 31.9. The molecule has 1 N–H and O–H groups in total. The second-order valence-electron chi connectivity index (χ2n) is 13.4. The van der Waals surface area contributed by atoms with Gasteiger partial charge in [-0.15, -0.1) is 0 Å². The minimum atomic E-state index is 0. The maximum Gasteiger partial charge on any atom is 0.0921 e. The number of hydrogen-bond donors (Lipinski definition) is 1. The van der Waals surface area contributed by atoms with Crippen LogP contribution < -0.4 is 0 Å². The normalized spacial score (nSPS) is 12.9. The first-order valence-electron chi connectivity index (χ1n) is 20.4. The molecular weight excluding hydrogens is 641 g/mol. The Labute approximate surface area is 313 Å². The number of aromatic amines is 1. The van der Waals surface area contributed by atoms with Gasteiger partial charge in [0.05, 0.1) is 19.0 Å². The maximum absolute atomic E-state index is 6.33. The van der Waals surface area contributed by atoms with E-state index in [4.69, 9.17) is 9.47 Å². The SMILES string of the molecule is CCCCC/C=C\C/C=C\CCCCCCCCOCC(CSSCc1cnc[nH]1)OCCCCCCCC/C=C\C/C=C\CCCCC.[HH]. The number of H-pyrrole nitrogens is 1. The van der Waals surface area contributed by atoms with E-state index in [0.717, 1.165) is 50.4 Å². The molecule has 1 unspecified atom stereocenters. The molecule has 1 aromatic rings. The van der Waals surface area contributed by atoms with Gasteiger partial charge in [0.1, 0.15) is 0 Å². The number of rotatable bonds is 38. The van der Waals surface area contributed by atoms with Crippen molar-refractivity contribution in [3.63, 3.8) is 0 Å². The quantitative estimate of drug-likeness (QED) is 0.0419. The van der Waals surface area contributed by atoms with E-state index in [1.807, 2.05) is 27.8 Å². The van der Waals surface area contributed by atoms with E-state index < -0.39 is 0 Å². The fourth-order valence-corrected chi connectivity index (χ4v) is 7.67. The largest absolute Gasteiger partial charge is 0.379 e. The molecule has 0 aliphatic rings. The van der Waals surface area contributed by atoms with Gasteiger partial charge in [-0.05, 0) is 77.0 Å². The van der Waals surface area contributed by atoms with Crippen LogP contribution in [-0.4, -0.2) is 41.6 Å². The van der Waals surface area contributed by atoms with Crippen molar-refractivity contribution in [2.24, 2.45) is 0 Å². The summed E-state index contributed by atoms with van der Waals surface area (Å²) in [4.78, 5) is 7.31. The van der Waals surface area contributed by atoms with Gasteiger partial charge in [0.2, 0.25) is 0 Å². The molecule has 0 amide bonds. The van der Waals surface area contributed by atoms with Gasteiger partial charge < -0.3 is 14.5 Å². The second kappa shape index (κ2) is 39.6. The van der Waals surface area contributed by atoms with Crippen molar-refractivity contribution in [2.45, 2.75) is 180 Å². The molecule has 0 bridgehead atoms. The van der Waals surface area contributed by atoms with Crippen molar-refractivity contribution in [3.05, 3.63) is 66.8 Å². The number of hydrogen-bond acceptors (Lipinski definition) is 5. The van der Waals surface area contributed by atoms with Gasteiger partial charge in [0, 0.05) is 38.0 Å². The third-order valence-corrected chi connectivity index (χ3v) is 11.0. The van der Waals surface area contributed by atoms with E-state index in [2.05, 4.69) is 72.4 Å². The minimum absolute atomic E-state index is 0. The third-order valence-electron chi connectivity index (χ3n) is 8.60. The predicted octanol–water partition coefficient (Wildman–Crippen LogP) is 14.6. The Morgan fingerprint density at radius 3 is 1.61 bits per heavy atom. The Bertz CT molecular complexity index is 891. The maximum atomic E-state index is 6.33. The molecule has 0 saturated heterocycles. The Morgan fingerprint density at radius 2 is 1.10 bits per heavy atom. The van der Waals surface area contributed by atoms with Crippen LogP contribution in [0.5, 0.6) is 0 Å². The van der Waals surface area contributed by atoms with Crippen molar-refractivity contribution < 1.29 is 10.9 Å². The van der Waals surface area contributed by atoms with Gasteiger partial charge in [-0.25, -0.2) is 4.98 Å². The van der Waals surface area contributed by atoms with Crippen molar-refractivity contribution in [1.29, 1.82) is 0 Å². The smallest absolute Gasteiger partial charge is 0.0921 e. The molecule has 1 aromatic heterocycles. The number of imidazole rings is 1. The summed E-state index contributed by atoms with van der Waals surface area (Å²) in [5.41, 5.74) is 1.17. The molecule has 1 heterocycles. The molecular formula is C43H78N2O2S2. The van der Waals surface area contributed by atoms with Crippen molar-refractivity contribution >= 4 is 21.6 Å². The average molecular weight is 719 g/mol. The monoisotopic (exact) mass is 719 g/mol. The number of unbranched alkanes of at least 4 members (excludes halogenated alkanes) is 18. The Hall–Kier alpha value is -1.21. The summed E-state index contributed by atoms with van der Waals surface area (Å²) >= 11 is 0. The number of nitrogens with one attached hydrogen (secondary N) is 1. The van der Waals surface area contributed by atoms with Crippen molar-refractivity contribution in [2.75, 3.05) is 25.6 Å². The van der Waals surface area contributed by atoms with Crippen LogP contribution in [0.15, 0.2) is 61.1 Å². The first kappa shape index (κ1) is 45.8. The number of aromatic nitrogens is 2. The molecule has 0 aliphatic heterocycles. The zero-order valence-corrected chi connectivity index (χ0v) is 33.6. The summed E-state index contributed by atoms with van der Waals surface area (Å²) in [6.45, 7) is 6.94. The Kier molecular flexibility index (Phi) is 37.0. The number of ether oxygens (including phenoxy) is 2. The zero-order chi connectivity index (χ0) is 35.0. The van der Waals surface area contributed by atoms with Crippen LogP contribution in [0.4, 0.5) is 0 Å². The van der Waals surface area contributed by atoms with E-state index in [9.17, 15) is 0 Å². The lowest BCUT2D eigenvalue weighted by molar-refractivity contribution is -0.00609. The molecule has 4 nitrogen and oxygen atoms in total. The molecule has 1 rings (SSSR count). The highest BCUT2D eigenvalue weighted by atomic mass is 33.1. The van der Waals surface area contributed by atoms with Crippen LogP contribution in [0.25, 0.3) is 0 Å². The highest BCUT2D eigenvalue weighted by molar-refractivity contribution is 8.76. The lowest BCUT2D eigenvalue weighted by atomic mass is 10.1. The van der Waals surface area contributed by atoms with E-state index in [1.54, 1.807) is 6.33 Å². The summed E-state index contributed by atoms with van der Waals surface area (Å²) < 4.78 is 12.4. The molecule has 0 radical (unpaired) electrons. The lowest BCUT2D eigenvalue weighted by Gasteiger charge is -2.18. The van der Waals surface area contributed by atoms with E-state index in [-0.39, 0.29) is 7.53 Å². The molecule has 284 valence electrons. The highest BCUT2D eigenvalue weighted by Crippen LogP contribution is 2.26. The summed E-state index contributed by atoms with van der Waals surface area (Å²) in [5.74, 6) is 1.90. The fraction of sp³-hybridized carbons (Fsp3) is 0.744. The minimum Gasteiger partial charge on any atom is -0.379 e. The molecule has 0 aliphatic carbocycles. The summed E-state index contributed by atoms with van der Waals surface area (Å²) in [6, 6.07) is 0. The molecule has 0 spiro atoms.